The Labute approximate surface area is 172 Å². The molecule has 1 amide bonds. The van der Waals surface area contributed by atoms with Gasteiger partial charge in [0.15, 0.2) is 0 Å². The Bertz CT molecular complexity index is 978. The van der Waals surface area contributed by atoms with Crippen molar-refractivity contribution in [2.45, 2.75) is 56.8 Å². The SMILES string of the molecule is Cc1cc([C@@H](NC(=O)c2cc(CO)cc(C3(C(F)(F)F)CC3)c2)C2CC2)ccc1F. The molecule has 0 radical (unpaired) electrons. The van der Waals surface area contributed by atoms with Gasteiger partial charge in [0, 0.05) is 5.56 Å². The van der Waals surface area contributed by atoms with Gasteiger partial charge in [0.2, 0.25) is 0 Å². The van der Waals surface area contributed by atoms with Gasteiger partial charge >= 0.3 is 6.18 Å². The number of carbonyl (C=O) groups is 1. The van der Waals surface area contributed by atoms with Crippen molar-refractivity contribution in [3.63, 3.8) is 0 Å². The molecule has 0 saturated heterocycles. The monoisotopic (exact) mass is 421 g/mol. The van der Waals surface area contributed by atoms with Crippen molar-refractivity contribution in [3.8, 4) is 0 Å². The van der Waals surface area contributed by atoms with E-state index in [1.54, 1.807) is 19.1 Å². The van der Waals surface area contributed by atoms with Crippen LogP contribution >= 0.6 is 0 Å². The highest BCUT2D eigenvalue weighted by Crippen LogP contribution is 2.59. The van der Waals surface area contributed by atoms with E-state index >= 15 is 0 Å². The molecule has 2 aliphatic carbocycles. The van der Waals surface area contributed by atoms with Crippen LogP contribution in [0.2, 0.25) is 0 Å². The number of aliphatic hydroxyl groups excluding tert-OH is 1. The van der Waals surface area contributed by atoms with Crippen LogP contribution in [0.15, 0.2) is 36.4 Å². The van der Waals surface area contributed by atoms with Gasteiger partial charge in [0.05, 0.1) is 18.1 Å². The number of amides is 1. The summed E-state index contributed by atoms with van der Waals surface area (Å²) in [6.07, 6.45) is -2.62. The van der Waals surface area contributed by atoms with Crippen LogP contribution in [0.25, 0.3) is 0 Å². The number of alkyl halides is 3. The van der Waals surface area contributed by atoms with Crippen molar-refractivity contribution < 1.29 is 27.5 Å². The molecule has 2 N–H and O–H groups in total. The lowest BCUT2D eigenvalue weighted by molar-refractivity contribution is -0.160. The molecule has 0 aliphatic heterocycles. The molecule has 4 rings (SSSR count). The first-order chi connectivity index (χ1) is 14.1. The summed E-state index contributed by atoms with van der Waals surface area (Å²) in [5, 5.41) is 12.4. The molecule has 2 fully saturated rings. The molecule has 0 bridgehead atoms. The summed E-state index contributed by atoms with van der Waals surface area (Å²) in [7, 11) is 0. The van der Waals surface area contributed by atoms with Crippen LogP contribution in [0.3, 0.4) is 0 Å². The topological polar surface area (TPSA) is 49.3 Å². The second-order valence-electron chi connectivity index (χ2n) is 8.45. The highest BCUT2D eigenvalue weighted by atomic mass is 19.4. The number of carbonyl (C=O) groups excluding carboxylic acids is 1. The summed E-state index contributed by atoms with van der Waals surface area (Å²) in [4.78, 5) is 13.0. The average molecular weight is 421 g/mol. The fourth-order valence-electron chi connectivity index (χ4n) is 4.04. The van der Waals surface area contributed by atoms with Crippen molar-refractivity contribution >= 4 is 5.91 Å². The van der Waals surface area contributed by atoms with E-state index in [2.05, 4.69) is 5.32 Å². The van der Waals surface area contributed by atoms with E-state index in [0.717, 1.165) is 18.4 Å². The third kappa shape index (κ3) is 3.83. The van der Waals surface area contributed by atoms with Crippen LogP contribution in [-0.4, -0.2) is 17.2 Å². The zero-order chi connectivity index (χ0) is 21.7. The van der Waals surface area contributed by atoms with Crippen molar-refractivity contribution in [2.24, 2.45) is 5.92 Å². The van der Waals surface area contributed by atoms with Crippen LogP contribution in [0.4, 0.5) is 17.6 Å². The lowest BCUT2D eigenvalue weighted by Gasteiger charge is -2.23. The molecule has 0 spiro atoms. The third-order valence-corrected chi connectivity index (χ3v) is 6.20. The lowest BCUT2D eigenvalue weighted by Crippen LogP contribution is -2.32. The minimum atomic E-state index is -4.41. The van der Waals surface area contributed by atoms with E-state index in [4.69, 9.17) is 0 Å². The van der Waals surface area contributed by atoms with E-state index in [9.17, 15) is 27.5 Å². The first kappa shape index (κ1) is 20.8. The van der Waals surface area contributed by atoms with E-state index in [1.807, 2.05) is 0 Å². The highest BCUT2D eigenvalue weighted by molar-refractivity contribution is 5.95. The Hall–Kier alpha value is -2.41. The highest BCUT2D eigenvalue weighted by Gasteiger charge is 2.64. The maximum Gasteiger partial charge on any atom is 0.398 e. The van der Waals surface area contributed by atoms with Crippen molar-refractivity contribution in [1.82, 2.24) is 5.32 Å². The fourth-order valence-corrected chi connectivity index (χ4v) is 4.04. The molecule has 2 aromatic rings. The van der Waals surface area contributed by atoms with Gasteiger partial charge in [-0.15, -0.1) is 0 Å². The molecule has 7 heteroatoms. The van der Waals surface area contributed by atoms with E-state index in [0.29, 0.717) is 5.56 Å². The number of aliphatic hydroxyl groups is 1. The maximum atomic E-state index is 13.6. The fraction of sp³-hybridized carbons (Fsp3) is 0.435. The van der Waals surface area contributed by atoms with Crippen LogP contribution in [-0.2, 0) is 12.0 Å². The molecule has 3 nitrogen and oxygen atoms in total. The number of benzene rings is 2. The second-order valence-corrected chi connectivity index (χ2v) is 8.45. The Morgan fingerprint density at radius 1 is 1.20 bits per heavy atom. The summed E-state index contributed by atoms with van der Waals surface area (Å²) >= 11 is 0. The standard InChI is InChI=1S/C23H23F4NO2/c1-13-8-16(4-5-19(13)24)20(15-2-3-15)28-21(30)17-9-14(12-29)10-18(11-17)22(6-7-22)23(25,26)27/h4-5,8-11,15,20,29H,2-3,6-7,12H2,1H3,(H,28,30)/t20-/m0/s1. The molecule has 0 unspecified atom stereocenters. The van der Waals surface area contributed by atoms with E-state index in [1.165, 1.54) is 24.3 Å². The largest absolute Gasteiger partial charge is 0.398 e. The average Bonchev–Trinajstić information content (AvgIpc) is 3.60. The molecule has 30 heavy (non-hydrogen) atoms. The molecule has 2 saturated carbocycles. The molecule has 160 valence electrons. The third-order valence-electron chi connectivity index (χ3n) is 6.20. The summed E-state index contributed by atoms with van der Waals surface area (Å²) in [5.41, 5.74) is -0.301. The number of hydrogen-bond acceptors (Lipinski definition) is 2. The van der Waals surface area contributed by atoms with Gasteiger partial charge in [-0.1, -0.05) is 18.2 Å². The van der Waals surface area contributed by atoms with Gasteiger partial charge in [-0.2, -0.15) is 13.2 Å². The maximum absolute atomic E-state index is 13.6. The van der Waals surface area contributed by atoms with Crippen LogP contribution in [0.1, 0.15) is 64.3 Å². The van der Waals surface area contributed by atoms with Gasteiger partial charge in [-0.05, 0) is 79.0 Å². The normalized spacial score (nSPS) is 18.7. The molecule has 1 atom stereocenters. The summed E-state index contributed by atoms with van der Waals surface area (Å²) in [6.45, 7) is 1.19. The number of nitrogens with one attached hydrogen (secondary N) is 1. The zero-order valence-corrected chi connectivity index (χ0v) is 16.5. The Morgan fingerprint density at radius 2 is 1.90 bits per heavy atom. The molecule has 0 heterocycles. The summed E-state index contributed by atoms with van der Waals surface area (Å²) in [6, 6.07) is 8.38. The number of halogens is 4. The number of hydrogen-bond donors (Lipinski definition) is 2. The molecular weight excluding hydrogens is 398 g/mol. The molecular formula is C23H23F4NO2. The first-order valence-electron chi connectivity index (χ1n) is 10.0. The van der Waals surface area contributed by atoms with Crippen LogP contribution in [0.5, 0.6) is 0 Å². The smallest absolute Gasteiger partial charge is 0.392 e. The van der Waals surface area contributed by atoms with E-state index < -0.39 is 24.1 Å². The first-order valence-corrected chi connectivity index (χ1v) is 10.0. The zero-order valence-electron chi connectivity index (χ0n) is 16.5. The van der Waals surface area contributed by atoms with Crippen molar-refractivity contribution in [3.05, 3.63) is 70.0 Å². The lowest BCUT2D eigenvalue weighted by atomic mass is 9.91. The number of aryl methyl sites for hydroxylation is 1. The quantitative estimate of drug-likeness (QED) is 0.638. The van der Waals surface area contributed by atoms with Gasteiger partial charge in [0.1, 0.15) is 5.82 Å². The predicted molar refractivity (Wildman–Crippen MR) is 103 cm³/mol. The Kier molecular flexibility index (Phi) is 5.12. The Morgan fingerprint density at radius 3 is 2.43 bits per heavy atom. The van der Waals surface area contributed by atoms with Crippen molar-refractivity contribution in [1.29, 1.82) is 0 Å². The van der Waals surface area contributed by atoms with Gasteiger partial charge in [-0.3, -0.25) is 4.79 Å². The van der Waals surface area contributed by atoms with Crippen LogP contribution in [0, 0.1) is 18.7 Å². The van der Waals surface area contributed by atoms with Gasteiger partial charge < -0.3 is 10.4 Å². The number of rotatable bonds is 6. The molecule has 0 aromatic heterocycles. The minimum absolute atomic E-state index is 0.0206. The molecule has 2 aromatic carbocycles. The van der Waals surface area contributed by atoms with Gasteiger partial charge in [-0.25, -0.2) is 4.39 Å². The molecule has 2 aliphatic rings. The summed E-state index contributed by atoms with van der Waals surface area (Å²) in [5.74, 6) is -0.616. The second kappa shape index (κ2) is 7.38. The predicted octanol–water partition coefficient (Wildman–Crippen LogP) is 5.10. The Balaban J connectivity index is 1.64. The van der Waals surface area contributed by atoms with Crippen LogP contribution < -0.4 is 5.32 Å². The minimum Gasteiger partial charge on any atom is -0.392 e. The van der Waals surface area contributed by atoms with Crippen molar-refractivity contribution in [2.75, 3.05) is 0 Å². The summed E-state index contributed by atoms with van der Waals surface area (Å²) < 4.78 is 54.4. The van der Waals surface area contributed by atoms with E-state index in [-0.39, 0.29) is 47.3 Å². The van der Waals surface area contributed by atoms with Gasteiger partial charge in [0.25, 0.3) is 5.91 Å².